The summed E-state index contributed by atoms with van der Waals surface area (Å²) in [6.45, 7) is 23.2. The van der Waals surface area contributed by atoms with Crippen LogP contribution in [0.1, 0.15) is 75.0 Å². The molecule has 0 atom stereocenters. The topological polar surface area (TPSA) is 111 Å². The highest BCUT2D eigenvalue weighted by Gasteiger charge is 2.27. The Labute approximate surface area is 310 Å². The van der Waals surface area contributed by atoms with Crippen molar-refractivity contribution in [3.63, 3.8) is 0 Å². The number of fused-ring (bicyclic) bond motifs is 1. The van der Waals surface area contributed by atoms with Crippen LogP contribution in [0.4, 0.5) is 4.39 Å². The molecule has 0 spiro atoms. The quantitative estimate of drug-likeness (QED) is 0.220. The minimum absolute atomic E-state index is 0.0150. The summed E-state index contributed by atoms with van der Waals surface area (Å²) in [6, 6.07) is 11.5. The Morgan fingerprint density at radius 1 is 0.904 bits per heavy atom. The lowest BCUT2D eigenvalue weighted by Gasteiger charge is -2.37. The van der Waals surface area contributed by atoms with Gasteiger partial charge in [-0.25, -0.2) is 9.49 Å². The van der Waals surface area contributed by atoms with Crippen LogP contribution < -0.4 is 10.9 Å². The molecule has 3 aromatic rings. The van der Waals surface area contributed by atoms with Crippen molar-refractivity contribution in [3.05, 3.63) is 101 Å². The molecule has 3 fully saturated rings. The van der Waals surface area contributed by atoms with Gasteiger partial charge in [-0.3, -0.25) is 19.3 Å². The first-order chi connectivity index (χ1) is 25.3. The number of aromatic nitrogens is 2. The SMILES string of the molecule is C=CC=C.CC.CC.CN1CCN(C(=O)CN2CCC(OC3CCNCC3)CC2)CC1.O=Cc1cc(Cc2n[nH]c(=O)c3ccccc23)ccc1F. The number of carbonyl (C=O) groups is 2. The van der Waals surface area contributed by atoms with Crippen molar-refractivity contribution in [2.24, 2.45) is 0 Å². The Kier molecular flexibility index (Phi) is 21.2. The molecule has 0 unspecified atom stereocenters. The number of likely N-dealkylation sites (N-methyl/N-ethyl adjacent to an activating group) is 1. The molecule has 6 rings (SSSR count). The number of hydrogen-bond acceptors (Lipinski definition) is 8. The first-order valence-corrected chi connectivity index (χ1v) is 18.8. The fourth-order valence-electron chi connectivity index (χ4n) is 6.05. The number of ether oxygens (including phenoxy) is 1. The van der Waals surface area contributed by atoms with Crippen molar-refractivity contribution in [2.45, 2.75) is 72.0 Å². The summed E-state index contributed by atoms with van der Waals surface area (Å²) in [5.74, 6) is -0.246. The molecular formula is C41H61FN6O4. The Hall–Kier alpha value is -4.03. The van der Waals surface area contributed by atoms with Crippen LogP contribution in [0.25, 0.3) is 10.8 Å². The third-order valence-corrected chi connectivity index (χ3v) is 8.92. The van der Waals surface area contributed by atoms with Crippen molar-refractivity contribution in [3.8, 4) is 0 Å². The van der Waals surface area contributed by atoms with E-state index in [1.165, 1.54) is 12.1 Å². The van der Waals surface area contributed by atoms with Crippen molar-refractivity contribution < 1.29 is 18.7 Å². The molecule has 0 radical (unpaired) electrons. The molecule has 3 aliphatic heterocycles. The van der Waals surface area contributed by atoms with Gasteiger partial charge in [0.05, 0.1) is 35.4 Å². The molecule has 0 saturated carbocycles. The van der Waals surface area contributed by atoms with Crippen LogP contribution in [0, 0.1) is 5.82 Å². The van der Waals surface area contributed by atoms with Gasteiger partial charge >= 0.3 is 0 Å². The number of likely N-dealkylation sites (tertiary alicyclic amines) is 1. The number of nitrogens with one attached hydrogen (secondary N) is 2. The lowest BCUT2D eigenvalue weighted by atomic mass is 10.0. The minimum Gasteiger partial charge on any atom is -0.375 e. The van der Waals surface area contributed by atoms with E-state index in [9.17, 15) is 18.8 Å². The number of nitrogens with zero attached hydrogens (tertiary/aromatic N) is 4. The average molecular weight is 721 g/mol. The predicted molar refractivity (Wildman–Crippen MR) is 211 cm³/mol. The molecule has 10 nitrogen and oxygen atoms in total. The zero-order chi connectivity index (χ0) is 38.3. The first kappa shape index (κ1) is 44.1. The molecular weight excluding hydrogens is 659 g/mol. The average Bonchev–Trinajstić information content (AvgIpc) is 3.20. The van der Waals surface area contributed by atoms with Gasteiger partial charge in [-0.1, -0.05) is 77.3 Å². The van der Waals surface area contributed by atoms with Gasteiger partial charge in [0.1, 0.15) is 5.82 Å². The number of carbonyl (C=O) groups excluding carboxylic acids is 2. The van der Waals surface area contributed by atoms with E-state index in [-0.39, 0.29) is 11.1 Å². The fraction of sp³-hybridized carbons (Fsp3) is 0.512. The van der Waals surface area contributed by atoms with Gasteiger partial charge in [-0.15, -0.1) is 0 Å². The third kappa shape index (κ3) is 14.5. The molecule has 1 amide bonds. The van der Waals surface area contributed by atoms with Crippen LogP contribution in [0.2, 0.25) is 0 Å². The van der Waals surface area contributed by atoms with Crippen LogP contribution in [-0.4, -0.2) is 115 Å². The molecule has 0 bridgehead atoms. The van der Waals surface area contributed by atoms with E-state index in [0.717, 1.165) is 89.0 Å². The molecule has 3 aliphatic rings. The highest BCUT2D eigenvalue weighted by molar-refractivity contribution is 5.83. The first-order valence-electron chi connectivity index (χ1n) is 18.8. The summed E-state index contributed by atoms with van der Waals surface area (Å²) >= 11 is 0. The second kappa shape index (κ2) is 25.0. The van der Waals surface area contributed by atoms with E-state index in [1.54, 1.807) is 30.4 Å². The number of aldehydes is 1. The van der Waals surface area contributed by atoms with E-state index in [2.05, 4.69) is 45.5 Å². The van der Waals surface area contributed by atoms with Gasteiger partial charge in [0.15, 0.2) is 6.29 Å². The van der Waals surface area contributed by atoms with Gasteiger partial charge in [0.2, 0.25) is 5.91 Å². The van der Waals surface area contributed by atoms with E-state index < -0.39 is 5.82 Å². The molecule has 1 aromatic heterocycles. The molecule has 2 N–H and O–H groups in total. The second-order valence-corrected chi connectivity index (χ2v) is 12.4. The van der Waals surface area contributed by atoms with E-state index in [4.69, 9.17) is 4.74 Å². The second-order valence-electron chi connectivity index (χ2n) is 12.4. The number of aromatic amines is 1. The van der Waals surface area contributed by atoms with Gasteiger partial charge in [0.25, 0.3) is 5.56 Å². The molecule has 3 saturated heterocycles. The largest absolute Gasteiger partial charge is 0.375 e. The molecule has 11 heteroatoms. The summed E-state index contributed by atoms with van der Waals surface area (Å²) in [4.78, 5) is 41.5. The number of halogens is 1. The van der Waals surface area contributed by atoms with Crippen LogP contribution in [-0.2, 0) is 16.0 Å². The minimum atomic E-state index is -0.548. The van der Waals surface area contributed by atoms with Gasteiger partial charge in [-0.2, -0.15) is 5.10 Å². The lowest BCUT2D eigenvalue weighted by Crippen LogP contribution is -2.51. The number of piperidine rings is 2. The smallest absolute Gasteiger partial charge is 0.272 e. The zero-order valence-corrected chi connectivity index (χ0v) is 32.0. The Morgan fingerprint density at radius 2 is 1.50 bits per heavy atom. The monoisotopic (exact) mass is 720 g/mol. The number of H-pyrrole nitrogens is 1. The van der Waals surface area contributed by atoms with Gasteiger partial charge < -0.3 is 19.9 Å². The number of amides is 1. The van der Waals surface area contributed by atoms with Crippen molar-refractivity contribution in [1.82, 2.24) is 30.2 Å². The van der Waals surface area contributed by atoms with E-state index >= 15 is 0 Å². The van der Waals surface area contributed by atoms with Gasteiger partial charge in [-0.05, 0) is 69.6 Å². The molecule has 4 heterocycles. The third-order valence-electron chi connectivity index (χ3n) is 8.92. The highest BCUT2D eigenvalue weighted by Crippen LogP contribution is 2.20. The van der Waals surface area contributed by atoms with Gasteiger partial charge in [0, 0.05) is 51.1 Å². The lowest BCUT2D eigenvalue weighted by molar-refractivity contribution is -0.135. The maximum atomic E-state index is 13.3. The number of hydrogen-bond donors (Lipinski definition) is 2. The molecule has 0 aliphatic carbocycles. The summed E-state index contributed by atoms with van der Waals surface area (Å²) in [7, 11) is 2.12. The predicted octanol–water partition coefficient (Wildman–Crippen LogP) is 5.87. The standard InChI is InChI=1S/C17H32N4O2.C16H11FN2O2.C4H6.2C2H6/c1-19-10-12-21(13-11-19)17(22)14-20-8-4-16(5-9-20)23-15-2-6-18-7-3-15;17-14-6-5-10(7-11(14)9-20)8-15-12-3-1-2-4-13(12)16(21)19-18-15;1-3-4-2;2*1-2/h15-16,18H,2-14H2,1H3;1-7,9H,8H2,(H,19,21);3-4H,1-2H2;2*1-2H3. The van der Waals surface area contributed by atoms with Crippen LogP contribution >= 0.6 is 0 Å². The van der Waals surface area contributed by atoms with Crippen molar-refractivity contribution in [1.29, 1.82) is 0 Å². The Bertz CT molecular complexity index is 1550. The Balaban J connectivity index is 0.000000301. The van der Waals surface area contributed by atoms with Crippen LogP contribution in [0.3, 0.4) is 0 Å². The zero-order valence-electron chi connectivity index (χ0n) is 32.0. The molecule has 2 aromatic carbocycles. The fourth-order valence-corrected chi connectivity index (χ4v) is 6.05. The van der Waals surface area contributed by atoms with Crippen molar-refractivity contribution >= 4 is 23.0 Å². The van der Waals surface area contributed by atoms with Crippen molar-refractivity contribution in [2.75, 3.05) is 66.0 Å². The molecule has 52 heavy (non-hydrogen) atoms. The van der Waals surface area contributed by atoms with Crippen LogP contribution in [0.5, 0.6) is 0 Å². The summed E-state index contributed by atoms with van der Waals surface area (Å²) in [5, 5.41) is 11.2. The number of rotatable bonds is 8. The molecule has 286 valence electrons. The summed E-state index contributed by atoms with van der Waals surface area (Å²) in [5.41, 5.74) is 1.19. The maximum Gasteiger partial charge on any atom is 0.272 e. The normalized spacial score (nSPS) is 16.7. The summed E-state index contributed by atoms with van der Waals surface area (Å²) < 4.78 is 19.6. The number of benzene rings is 2. The Morgan fingerprint density at radius 3 is 2.10 bits per heavy atom. The van der Waals surface area contributed by atoms with E-state index in [1.807, 2.05) is 44.7 Å². The number of allylic oxidation sites excluding steroid dienone is 2. The number of piperazine rings is 1. The van der Waals surface area contributed by atoms with Crippen LogP contribution in [0.15, 0.2) is 72.6 Å². The summed E-state index contributed by atoms with van der Waals surface area (Å²) in [6.07, 6.45) is 9.42. The maximum absolute atomic E-state index is 13.3. The van der Waals surface area contributed by atoms with E-state index in [0.29, 0.717) is 48.4 Å². The highest BCUT2D eigenvalue weighted by atomic mass is 19.1.